The van der Waals surface area contributed by atoms with Crippen molar-refractivity contribution < 1.29 is 4.74 Å². The Hall–Kier alpha value is -1.35. The molecule has 0 saturated heterocycles. The number of pyridine rings is 1. The molecule has 17 heavy (non-hydrogen) atoms. The number of hydrogen-bond acceptors (Lipinski definition) is 2. The maximum absolute atomic E-state index is 5.86. The van der Waals surface area contributed by atoms with Crippen molar-refractivity contribution in [2.45, 2.75) is 19.3 Å². The maximum Gasteiger partial charge on any atom is 0.220 e. The van der Waals surface area contributed by atoms with Gasteiger partial charge < -0.3 is 4.74 Å². The fourth-order valence-corrected chi connectivity index (χ4v) is 2.57. The van der Waals surface area contributed by atoms with Gasteiger partial charge in [-0.2, -0.15) is 0 Å². The van der Waals surface area contributed by atoms with Crippen molar-refractivity contribution in [1.82, 2.24) is 4.98 Å². The van der Waals surface area contributed by atoms with E-state index < -0.39 is 0 Å². The molecule has 86 valence electrons. The van der Waals surface area contributed by atoms with Gasteiger partial charge >= 0.3 is 0 Å². The fraction of sp³-hybridized carbons (Fsp3) is 0.214. The Kier molecular flexibility index (Phi) is 2.85. The van der Waals surface area contributed by atoms with Crippen LogP contribution in [-0.4, -0.2) is 4.98 Å². The number of benzene rings is 1. The van der Waals surface area contributed by atoms with E-state index >= 15 is 0 Å². The lowest BCUT2D eigenvalue weighted by Crippen LogP contribution is -1.92. The average molecular weight is 290 g/mol. The minimum Gasteiger partial charge on any atom is -0.439 e. The van der Waals surface area contributed by atoms with Crippen LogP contribution in [-0.2, 0) is 12.8 Å². The first-order valence-corrected chi connectivity index (χ1v) is 6.53. The van der Waals surface area contributed by atoms with Crippen molar-refractivity contribution >= 4 is 15.9 Å². The van der Waals surface area contributed by atoms with Crippen LogP contribution in [0.25, 0.3) is 0 Å². The molecule has 0 aliphatic heterocycles. The van der Waals surface area contributed by atoms with E-state index in [-0.39, 0.29) is 0 Å². The Bertz CT molecular complexity index is 554. The van der Waals surface area contributed by atoms with Crippen LogP contribution in [0.5, 0.6) is 11.6 Å². The van der Waals surface area contributed by atoms with E-state index in [0.717, 1.165) is 16.8 Å². The van der Waals surface area contributed by atoms with E-state index in [4.69, 9.17) is 4.74 Å². The van der Waals surface area contributed by atoms with Gasteiger partial charge in [-0.1, -0.05) is 18.2 Å². The molecular formula is C14H12BrNO. The van der Waals surface area contributed by atoms with Crippen LogP contribution in [0.2, 0.25) is 0 Å². The number of halogens is 1. The maximum atomic E-state index is 5.86. The van der Waals surface area contributed by atoms with Gasteiger partial charge in [0, 0.05) is 6.07 Å². The van der Waals surface area contributed by atoms with Crippen molar-refractivity contribution in [2.24, 2.45) is 0 Å². The van der Waals surface area contributed by atoms with Gasteiger partial charge in [-0.3, -0.25) is 0 Å². The van der Waals surface area contributed by atoms with Gasteiger partial charge in [0.2, 0.25) is 5.88 Å². The van der Waals surface area contributed by atoms with Gasteiger partial charge in [-0.05, 0) is 58.5 Å². The van der Waals surface area contributed by atoms with Crippen LogP contribution in [0, 0.1) is 0 Å². The number of aromatic nitrogens is 1. The topological polar surface area (TPSA) is 22.1 Å². The summed E-state index contributed by atoms with van der Waals surface area (Å²) in [6.07, 6.45) is 3.50. The number of aryl methyl sites for hydroxylation is 1. The molecule has 1 aliphatic rings. The summed E-state index contributed by atoms with van der Waals surface area (Å²) in [5.74, 6) is 1.59. The SMILES string of the molecule is Brc1cccc(Oc2cccc3c2CCC3)n1. The Balaban J connectivity index is 1.93. The second-order valence-electron chi connectivity index (χ2n) is 4.15. The highest BCUT2D eigenvalue weighted by molar-refractivity contribution is 9.10. The number of ether oxygens (including phenoxy) is 1. The Morgan fingerprint density at radius 1 is 1.06 bits per heavy atom. The zero-order chi connectivity index (χ0) is 11.7. The van der Waals surface area contributed by atoms with E-state index in [0.29, 0.717) is 5.88 Å². The molecular weight excluding hydrogens is 278 g/mol. The molecule has 0 atom stereocenters. The molecule has 0 amide bonds. The lowest BCUT2D eigenvalue weighted by atomic mass is 10.1. The highest BCUT2D eigenvalue weighted by Gasteiger charge is 2.15. The molecule has 2 nitrogen and oxygen atoms in total. The molecule has 3 heteroatoms. The summed E-state index contributed by atoms with van der Waals surface area (Å²) >= 11 is 3.35. The Labute approximate surface area is 109 Å². The predicted octanol–water partition coefficient (Wildman–Crippen LogP) is 4.13. The molecule has 2 aromatic rings. The first-order chi connectivity index (χ1) is 8.33. The molecule has 0 bridgehead atoms. The quantitative estimate of drug-likeness (QED) is 0.776. The smallest absolute Gasteiger partial charge is 0.220 e. The third kappa shape index (κ3) is 2.20. The minimum absolute atomic E-state index is 0.639. The third-order valence-electron chi connectivity index (χ3n) is 3.01. The minimum atomic E-state index is 0.639. The van der Waals surface area contributed by atoms with E-state index in [1.807, 2.05) is 24.3 Å². The van der Waals surface area contributed by atoms with Crippen molar-refractivity contribution in [1.29, 1.82) is 0 Å². The first-order valence-electron chi connectivity index (χ1n) is 5.74. The molecule has 1 aromatic heterocycles. The second kappa shape index (κ2) is 4.49. The van der Waals surface area contributed by atoms with Crippen LogP contribution in [0.4, 0.5) is 0 Å². The van der Waals surface area contributed by atoms with Crippen molar-refractivity contribution in [3.8, 4) is 11.6 Å². The lowest BCUT2D eigenvalue weighted by Gasteiger charge is -2.09. The van der Waals surface area contributed by atoms with E-state index in [9.17, 15) is 0 Å². The molecule has 1 heterocycles. The number of rotatable bonds is 2. The zero-order valence-electron chi connectivity index (χ0n) is 9.32. The third-order valence-corrected chi connectivity index (χ3v) is 3.45. The summed E-state index contributed by atoms with van der Waals surface area (Å²) < 4.78 is 6.65. The van der Waals surface area contributed by atoms with Crippen LogP contribution >= 0.6 is 15.9 Å². The molecule has 0 fully saturated rings. The molecule has 1 aliphatic carbocycles. The fourth-order valence-electron chi connectivity index (χ4n) is 2.24. The molecule has 0 spiro atoms. The van der Waals surface area contributed by atoms with Crippen LogP contribution < -0.4 is 4.74 Å². The van der Waals surface area contributed by atoms with Gasteiger partial charge in [0.1, 0.15) is 10.4 Å². The van der Waals surface area contributed by atoms with Gasteiger partial charge in [0.05, 0.1) is 0 Å². The highest BCUT2D eigenvalue weighted by atomic mass is 79.9. The molecule has 0 saturated carbocycles. The summed E-state index contributed by atoms with van der Waals surface area (Å²) in [6, 6.07) is 11.9. The number of fused-ring (bicyclic) bond motifs is 1. The standard InChI is InChI=1S/C14H12BrNO/c15-13-8-3-9-14(16-13)17-12-7-2-5-10-4-1-6-11(10)12/h2-3,5,7-9H,1,4,6H2. The molecule has 0 N–H and O–H groups in total. The van der Waals surface area contributed by atoms with E-state index in [1.165, 1.54) is 24.0 Å². The Morgan fingerprint density at radius 3 is 2.82 bits per heavy atom. The van der Waals surface area contributed by atoms with Gasteiger partial charge in [-0.15, -0.1) is 0 Å². The zero-order valence-corrected chi connectivity index (χ0v) is 10.9. The van der Waals surface area contributed by atoms with Crippen LogP contribution in [0.3, 0.4) is 0 Å². The summed E-state index contributed by atoms with van der Waals surface area (Å²) in [4.78, 5) is 4.29. The average Bonchev–Trinajstić information content (AvgIpc) is 2.78. The Morgan fingerprint density at radius 2 is 1.94 bits per heavy atom. The van der Waals surface area contributed by atoms with Crippen LogP contribution in [0.1, 0.15) is 17.5 Å². The van der Waals surface area contributed by atoms with Crippen molar-refractivity contribution in [2.75, 3.05) is 0 Å². The summed E-state index contributed by atoms with van der Waals surface area (Å²) in [7, 11) is 0. The molecule has 3 rings (SSSR count). The normalized spacial score (nSPS) is 13.5. The number of hydrogen-bond donors (Lipinski definition) is 0. The molecule has 0 radical (unpaired) electrons. The highest BCUT2D eigenvalue weighted by Crippen LogP contribution is 2.33. The second-order valence-corrected chi connectivity index (χ2v) is 4.96. The van der Waals surface area contributed by atoms with E-state index in [1.54, 1.807) is 0 Å². The summed E-state index contributed by atoms with van der Waals surface area (Å²) in [6.45, 7) is 0. The van der Waals surface area contributed by atoms with Crippen molar-refractivity contribution in [3.63, 3.8) is 0 Å². The van der Waals surface area contributed by atoms with E-state index in [2.05, 4.69) is 33.0 Å². The number of nitrogens with zero attached hydrogens (tertiary/aromatic N) is 1. The first kappa shape index (κ1) is 10.8. The molecule has 0 unspecified atom stereocenters. The molecule has 1 aromatic carbocycles. The van der Waals surface area contributed by atoms with Crippen LogP contribution in [0.15, 0.2) is 41.0 Å². The van der Waals surface area contributed by atoms with Gasteiger partial charge in [-0.25, -0.2) is 4.98 Å². The lowest BCUT2D eigenvalue weighted by molar-refractivity contribution is 0.457. The van der Waals surface area contributed by atoms with Crippen molar-refractivity contribution in [3.05, 3.63) is 52.1 Å². The largest absolute Gasteiger partial charge is 0.439 e. The summed E-state index contributed by atoms with van der Waals surface area (Å²) in [5, 5.41) is 0. The van der Waals surface area contributed by atoms with Gasteiger partial charge in [0.15, 0.2) is 0 Å². The monoisotopic (exact) mass is 289 g/mol. The predicted molar refractivity (Wildman–Crippen MR) is 70.5 cm³/mol. The van der Waals surface area contributed by atoms with Gasteiger partial charge in [0.25, 0.3) is 0 Å². The summed E-state index contributed by atoms with van der Waals surface area (Å²) in [5.41, 5.74) is 2.76.